The minimum absolute atomic E-state index is 0.0854. The number of rotatable bonds is 7. The molecular formula is C27H20N4O8S. The van der Waals surface area contributed by atoms with Gasteiger partial charge in [-0.2, -0.15) is 0 Å². The molecule has 1 atom stereocenters. The van der Waals surface area contributed by atoms with Gasteiger partial charge in [0.1, 0.15) is 11.5 Å². The molecule has 0 bridgehead atoms. The standard InChI is InChI=1S/C27H20N4O8S/c1-3-38-26(33)23-15(2)28-27-29(24(23)16-7-6-8-17(13-16)30(34)35)25(32)22(40-27)14-18-11-12-21(39-18)19-9-4-5-10-20(19)31(36)37/h4-14,24H,3H2,1-2H3/b22-14+/t24-/m1/s1. The highest BCUT2D eigenvalue weighted by atomic mass is 32.1. The van der Waals surface area contributed by atoms with Crippen molar-refractivity contribution in [2.45, 2.75) is 19.9 Å². The Morgan fingerprint density at radius 3 is 2.62 bits per heavy atom. The Kier molecular flexibility index (Phi) is 6.96. The smallest absolute Gasteiger partial charge is 0.338 e. The molecule has 0 amide bonds. The van der Waals surface area contributed by atoms with E-state index in [2.05, 4.69) is 4.99 Å². The van der Waals surface area contributed by atoms with E-state index in [9.17, 15) is 29.8 Å². The van der Waals surface area contributed by atoms with Crippen LogP contribution in [-0.4, -0.2) is 27.0 Å². The Balaban J connectivity index is 1.66. The summed E-state index contributed by atoms with van der Waals surface area (Å²) in [6.07, 6.45) is 1.48. The van der Waals surface area contributed by atoms with E-state index >= 15 is 0 Å². The molecule has 0 N–H and O–H groups in total. The molecule has 0 aliphatic carbocycles. The van der Waals surface area contributed by atoms with Crippen molar-refractivity contribution in [2.75, 3.05) is 6.61 Å². The maximum Gasteiger partial charge on any atom is 0.338 e. The number of non-ortho nitro benzene ring substituents is 1. The summed E-state index contributed by atoms with van der Waals surface area (Å²) in [6.45, 7) is 3.34. The number of nitrogens with zero attached hydrogens (tertiary/aromatic N) is 4. The third-order valence-corrected chi connectivity index (χ3v) is 7.16. The van der Waals surface area contributed by atoms with E-state index in [0.717, 1.165) is 11.3 Å². The highest BCUT2D eigenvalue weighted by Crippen LogP contribution is 2.33. The average molecular weight is 561 g/mol. The van der Waals surface area contributed by atoms with Crippen molar-refractivity contribution in [2.24, 2.45) is 4.99 Å². The van der Waals surface area contributed by atoms with Crippen LogP contribution in [-0.2, 0) is 9.53 Å². The van der Waals surface area contributed by atoms with Crippen molar-refractivity contribution in [1.29, 1.82) is 0 Å². The molecule has 0 fully saturated rings. The number of benzene rings is 2. The van der Waals surface area contributed by atoms with Crippen LogP contribution in [0.5, 0.6) is 0 Å². The SMILES string of the molecule is CCOC(=O)C1=C(C)N=c2s/c(=C/c3ccc(-c4ccccc4[N+](=O)[O-])o3)c(=O)n2[C@@H]1c1cccc([N+](=O)[O-])c1. The number of nitro benzene ring substituents is 2. The van der Waals surface area contributed by atoms with Gasteiger partial charge in [-0.3, -0.25) is 29.6 Å². The Morgan fingerprint density at radius 2 is 1.90 bits per heavy atom. The number of nitro groups is 2. The minimum atomic E-state index is -1.02. The largest absolute Gasteiger partial charge is 0.463 e. The van der Waals surface area contributed by atoms with Crippen LogP contribution in [0.25, 0.3) is 17.4 Å². The van der Waals surface area contributed by atoms with Crippen molar-refractivity contribution >= 4 is 34.8 Å². The van der Waals surface area contributed by atoms with E-state index < -0.39 is 27.4 Å². The summed E-state index contributed by atoms with van der Waals surface area (Å²) in [7, 11) is 0. The number of esters is 1. The Labute approximate surface area is 229 Å². The van der Waals surface area contributed by atoms with Gasteiger partial charge in [0.15, 0.2) is 4.80 Å². The first kappa shape index (κ1) is 26.4. The lowest BCUT2D eigenvalue weighted by atomic mass is 9.95. The molecule has 202 valence electrons. The van der Waals surface area contributed by atoms with Gasteiger partial charge >= 0.3 is 5.97 Å². The number of para-hydroxylation sites is 1. The van der Waals surface area contributed by atoms with Crippen molar-refractivity contribution in [1.82, 2.24) is 4.57 Å². The molecule has 0 unspecified atom stereocenters. The van der Waals surface area contributed by atoms with Gasteiger partial charge in [-0.25, -0.2) is 9.79 Å². The Hall–Kier alpha value is -5.17. The molecule has 40 heavy (non-hydrogen) atoms. The molecule has 3 heterocycles. The van der Waals surface area contributed by atoms with Gasteiger partial charge in [-0.05, 0) is 37.6 Å². The third-order valence-electron chi connectivity index (χ3n) is 6.18. The molecule has 4 aromatic rings. The molecule has 2 aromatic heterocycles. The van der Waals surface area contributed by atoms with Gasteiger partial charge in [0.25, 0.3) is 16.9 Å². The Morgan fingerprint density at radius 1 is 1.12 bits per heavy atom. The van der Waals surface area contributed by atoms with E-state index in [1.807, 2.05) is 0 Å². The van der Waals surface area contributed by atoms with E-state index in [1.54, 1.807) is 50.2 Å². The highest BCUT2D eigenvalue weighted by molar-refractivity contribution is 7.07. The number of allylic oxidation sites excluding steroid dienone is 1. The lowest BCUT2D eigenvalue weighted by Gasteiger charge is -2.24. The second kappa shape index (κ2) is 10.5. The summed E-state index contributed by atoms with van der Waals surface area (Å²) in [6, 6.07) is 14.0. The maximum atomic E-state index is 13.7. The fourth-order valence-electron chi connectivity index (χ4n) is 4.46. The van der Waals surface area contributed by atoms with Gasteiger partial charge in [-0.15, -0.1) is 0 Å². The third kappa shape index (κ3) is 4.73. The predicted molar refractivity (Wildman–Crippen MR) is 144 cm³/mol. The zero-order valence-electron chi connectivity index (χ0n) is 21.1. The van der Waals surface area contributed by atoms with Crippen LogP contribution in [0.3, 0.4) is 0 Å². The van der Waals surface area contributed by atoms with Crippen LogP contribution in [0.4, 0.5) is 11.4 Å². The molecule has 1 aliphatic heterocycles. The number of ether oxygens (including phenoxy) is 1. The molecule has 5 rings (SSSR count). The number of hydrogen-bond donors (Lipinski definition) is 0. The molecule has 0 spiro atoms. The van der Waals surface area contributed by atoms with Gasteiger partial charge in [0.2, 0.25) is 0 Å². The Bertz CT molecular complexity index is 1900. The molecule has 1 aliphatic rings. The van der Waals surface area contributed by atoms with Crippen LogP contribution in [0, 0.1) is 20.2 Å². The highest BCUT2D eigenvalue weighted by Gasteiger charge is 2.34. The molecule has 0 radical (unpaired) electrons. The van der Waals surface area contributed by atoms with Gasteiger partial charge in [0, 0.05) is 24.3 Å². The van der Waals surface area contributed by atoms with Crippen LogP contribution in [0.2, 0.25) is 0 Å². The van der Waals surface area contributed by atoms with Crippen molar-refractivity contribution in [3.8, 4) is 11.3 Å². The number of furan rings is 1. The lowest BCUT2D eigenvalue weighted by molar-refractivity contribution is -0.385. The van der Waals surface area contributed by atoms with Gasteiger partial charge in [-0.1, -0.05) is 35.6 Å². The van der Waals surface area contributed by atoms with Crippen molar-refractivity contribution in [3.63, 3.8) is 0 Å². The molecule has 13 heteroatoms. The summed E-state index contributed by atoms with van der Waals surface area (Å²) >= 11 is 1.05. The normalized spacial score (nSPS) is 14.9. The zero-order valence-corrected chi connectivity index (χ0v) is 21.9. The minimum Gasteiger partial charge on any atom is -0.463 e. The number of carbonyl (C=O) groups excluding carboxylic acids is 1. The average Bonchev–Trinajstić information content (AvgIpc) is 3.52. The summed E-state index contributed by atoms with van der Waals surface area (Å²) in [5.41, 5.74) is 0.220. The number of aromatic nitrogens is 1. The van der Waals surface area contributed by atoms with Crippen LogP contribution < -0.4 is 14.9 Å². The second-order valence-corrected chi connectivity index (χ2v) is 9.64. The van der Waals surface area contributed by atoms with Crippen LogP contribution >= 0.6 is 11.3 Å². The van der Waals surface area contributed by atoms with Crippen molar-refractivity contribution in [3.05, 3.63) is 123 Å². The topological polar surface area (TPSA) is 160 Å². The molecule has 12 nitrogen and oxygen atoms in total. The first-order chi connectivity index (χ1) is 19.2. The van der Waals surface area contributed by atoms with Gasteiger partial charge < -0.3 is 9.15 Å². The first-order valence-corrected chi connectivity index (χ1v) is 12.8. The molecule has 0 saturated carbocycles. The number of thiazole rings is 1. The summed E-state index contributed by atoms with van der Waals surface area (Å²) in [5.74, 6) is -0.164. The molecule has 2 aromatic carbocycles. The fraction of sp³-hybridized carbons (Fsp3) is 0.148. The number of hydrogen-bond acceptors (Lipinski definition) is 10. The van der Waals surface area contributed by atoms with E-state index in [-0.39, 0.29) is 50.0 Å². The van der Waals surface area contributed by atoms with Gasteiger partial charge in [0.05, 0.1) is 43.9 Å². The monoisotopic (exact) mass is 560 g/mol. The van der Waals surface area contributed by atoms with E-state index in [1.165, 1.54) is 34.9 Å². The second-order valence-electron chi connectivity index (χ2n) is 8.63. The summed E-state index contributed by atoms with van der Waals surface area (Å²) in [5, 5.41) is 22.9. The van der Waals surface area contributed by atoms with Crippen LogP contribution in [0.1, 0.15) is 31.2 Å². The molecular weight excluding hydrogens is 540 g/mol. The van der Waals surface area contributed by atoms with Crippen LogP contribution in [0.15, 0.2) is 86.1 Å². The molecule has 0 saturated heterocycles. The summed E-state index contributed by atoms with van der Waals surface area (Å²) in [4.78, 5) is 53.3. The predicted octanol–water partition coefficient (Wildman–Crippen LogP) is 3.87. The fourth-order valence-corrected chi connectivity index (χ4v) is 5.49. The van der Waals surface area contributed by atoms with E-state index in [4.69, 9.17) is 9.15 Å². The maximum absolute atomic E-state index is 13.7. The quantitative estimate of drug-likeness (QED) is 0.187. The van der Waals surface area contributed by atoms with E-state index in [0.29, 0.717) is 11.3 Å². The number of carbonyl (C=O) groups is 1. The summed E-state index contributed by atoms with van der Waals surface area (Å²) < 4.78 is 12.6. The van der Waals surface area contributed by atoms with Crippen molar-refractivity contribution < 1.29 is 23.8 Å². The number of fused-ring (bicyclic) bond motifs is 1. The lowest BCUT2D eigenvalue weighted by Crippen LogP contribution is -2.39. The first-order valence-electron chi connectivity index (χ1n) is 12.0. The zero-order chi connectivity index (χ0) is 28.6.